The van der Waals surface area contributed by atoms with Crippen LogP contribution in [0, 0.1) is 5.82 Å². The standard InChI is InChI=1S/C10H14FNO/c1-7(12)10(13-2)8-5-3-4-6-9(8)11/h3-7,10H,12H2,1-2H3/t7-,10+/m0/s1. The fraction of sp³-hybridized carbons (Fsp3) is 0.400. The second-order valence-electron chi connectivity index (χ2n) is 3.04. The van der Waals surface area contributed by atoms with Crippen LogP contribution in [0.3, 0.4) is 0 Å². The Morgan fingerprint density at radius 1 is 1.38 bits per heavy atom. The molecule has 0 spiro atoms. The molecule has 0 amide bonds. The normalized spacial score (nSPS) is 15.4. The lowest BCUT2D eigenvalue weighted by Crippen LogP contribution is -2.26. The summed E-state index contributed by atoms with van der Waals surface area (Å²) in [5.74, 6) is -0.272. The molecular weight excluding hydrogens is 169 g/mol. The second kappa shape index (κ2) is 4.35. The van der Waals surface area contributed by atoms with Crippen LogP contribution in [-0.2, 0) is 4.74 Å². The Balaban J connectivity index is 2.97. The molecule has 2 atom stereocenters. The number of rotatable bonds is 3. The van der Waals surface area contributed by atoms with Crippen molar-refractivity contribution in [2.45, 2.75) is 19.1 Å². The first-order valence-corrected chi connectivity index (χ1v) is 4.19. The SMILES string of the molecule is CO[C@@H](c1ccccc1F)[C@H](C)N. The van der Waals surface area contributed by atoms with E-state index in [1.165, 1.54) is 13.2 Å². The minimum Gasteiger partial charge on any atom is -0.375 e. The van der Waals surface area contributed by atoms with Crippen LogP contribution in [0.1, 0.15) is 18.6 Å². The first-order chi connectivity index (χ1) is 6.16. The molecule has 0 bridgehead atoms. The Morgan fingerprint density at radius 3 is 2.46 bits per heavy atom. The molecule has 3 heteroatoms. The van der Waals surface area contributed by atoms with Gasteiger partial charge in [-0.1, -0.05) is 18.2 Å². The van der Waals surface area contributed by atoms with E-state index < -0.39 is 0 Å². The maximum absolute atomic E-state index is 13.3. The molecule has 0 aliphatic rings. The monoisotopic (exact) mass is 183 g/mol. The van der Waals surface area contributed by atoms with Gasteiger partial charge in [0.05, 0.1) is 6.10 Å². The van der Waals surface area contributed by atoms with Crippen LogP contribution in [0.15, 0.2) is 24.3 Å². The lowest BCUT2D eigenvalue weighted by atomic mass is 10.0. The highest BCUT2D eigenvalue weighted by molar-refractivity contribution is 5.21. The van der Waals surface area contributed by atoms with E-state index in [1.54, 1.807) is 25.1 Å². The van der Waals surface area contributed by atoms with E-state index in [4.69, 9.17) is 10.5 Å². The maximum atomic E-state index is 13.3. The fourth-order valence-electron chi connectivity index (χ4n) is 1.33. The van der Waals surface area contributed by atoms with Crippen molar-refractivity contribution in [3.8, 4) is 0 Å². The Labute approximate surface area is 77.5 Å². The lowest BCUT2D eigenvalue weighted by molar-refractivity contribution is 0.0823. The van der Waals surface area contributed by atoms with Gasteiger partial charge in [-0.25, -0.2) is 4.39 Å². The highest BCUT2D eigenvalue weighted by atomic mass is 19.1. The van der Waals surface area contributed by atoms with Crippen molar-refractivity contribution in [2.24, 2.45) is 5.73 Å². The molecule has 1 rings (SSSR count). The summed E-state index contributed by atoms with van der Waals surface area (Å²) in [6, 6.07) is 6.29. The number of nitrogens with two attached hydrogens (primary N) is 1. The van der Waals surface area contributed by atoms with Gasteiger partial charge in [0, 0.05) is 18.7 Å². The van der Waals surface area contributed by atoms with Crippen molar-refractivity contribution in [2.75, 3.05) is 7.11 Å². The minimum atomic E-state index is -0.374. The number of ether oxygens (including phenoxy) is 1. The van der Waals surface area contributed by atoms with Gasteiger partial charge < -0.3 is 10.5 Å². The zero-order valence-corrected chi connectivity index (χ0v) is 7.83. The van der Waals surface area contributed by atoms with Gasteiger partial charge in [-0.2, -0.15) is 0 Å². The summed E-state index contributed by atoms with van der Waals surface area (Å²) < 4.78 is 18.4. The Kier molecular flexibility index (Phi) is 3.39. The van der Waals surface area contributed by atoms with Crippen molar-refractivity contribution < 1.29 is 9.13 Å². The van der Waals surface area contributed by atoms with Crippen molar-refractivity contribution in [1.82, 2.24) is 0 Å². The van der Waals surface area contributed by atoms with E-state index in [0.717, 1.165) is 0 Å². The van der Waals surface area contributed by atoms with Gasteiger partial charge in [-0.3, -0.25) is 0 Å². The van der Waals surface area contributed by atoms with Gasteiger partial charge in [-0.15, -0.1) is 0 Å². The van der Waals surface area contributed by atoms with Gasteiger partial charge in [-0.05, 0) is 13.0 Å². The summed E-state index contributed by atoms with van der Waals surface area (Å²) in [6.07, 6.45) is -0.374. The molecule has 1 aromatic rings. The van der Waals surface area contributed by atoms with Crippen LogP contribution >= 0.6 is 0 Å². The van der Waals surface area contributed by atoms with Crippen molar-refractivity contribution in [1.29, 1.82) is 0 Å². The van der Waals surface area contributed by atoms with Crippen LogP contribution < -0.4 is 5.73 Å². The third-order valence-corrected chi connectivity index (χ3v) is 1.94. The Bertz CT molecular complexity index is 275. The molecule has 0 saturated carbocycles. The number of hydrogen-bond donors (Lipinski definition) is 1. The predicted octanol–water partition coefficient (Wildman–Crippen LogP) is 1.86. The third kappa shape index (κ3) is 2.26. The zero-order chi connectivity index (χ0) is 9.84. The molecule has 0 heterocycles. The van der Waals surface area contributed by atoms with Gasteiger partial charge in [0.25, 0.3) is 0 Å². The molecule has 2 N–H and O–H groups in total. The molecule has 2 nitrogen and oxygen atoms in total. The lowest BCUT2D eigenvalue weighted by Gasteiger charge is -2.19. The summed E-state index contributed by atoms with van der Waals surface area (Å²) in [5, 5.41) is 0. The number of halogens is 1. The molecule has 0 fully saturated rings. The summed E-state index contributed by atoms with van der Waals surface area (Å²) in [7, 11) is 1.53. The number of hydrogen-bond acceptors (Lipinski definition) is 2. The van der Waals surface area contributed by atoms with Crippen molar-refractivity contribution in [3.05, 3.63) is 35.6 Å². The maximum Gasteiger partial charge on any atom is 0.129 e. The van der Waals surface area contributed by atoms with E-state index in [2.05, 4.69) is 0 Å². The van der Waals surface area contributed by atoms with Crippen molar-refractivity contribution >= 4 is 0 Å². The molecule has 0 unspecified atom stereocenters. The smallest absolute Gasteiger partial charge is 0.129 e. The molecule has 0 aromatic heterocycles. The molecule has 0 saturated heterocycles. The topological polar surface area (TPSA) is 35.2 Å². The molecule has 0 aliphatic carbocycles. The van der Waals surface area contributed by atoms with E-state index >= 15 is 0 Å². The molecule has 13 heavy (non-hydrogen) atoms. The highest BCUT2D eigenvalue weighted by Gasteiger charge is 2.18. The van der Waals surface area contributed by atoms with Gasteiger partial charge >= 0.3 is 0 Å². The quantitative estimate of drug-likeness (QED) is 0.776. The van der Waals surface area contributed by atoms with Crippen molar-refractivity contribution in [3.63, 3.8) is 0 Å². The molecule has 1 aromatic carbocycles. The first-order valence-electron chi connectivity index (χ1n) is 4.19. The predicted molar refractivity (Wildman–Crippen MR) is 49.8 cm³/mol. The van der Waals surface area contributed by atoms with E-state index in [-0.39, 0.29) is 18.0 Å². The van der Waals surface area contributed by atoms with E-state index in [9.17, 15) is 4.39 Å². The van der Waals surface area contributed by atoms with Gasteiger partial charge in [0.2, 0.25) is 0 Å². The Morgan fingerprint density at radius 2 is 2.00 bits per heavy atom. The number of benzene rings is 1. The largest absolute Gasteiger partial charge is 0.375 e. The van der Waals surface area contributed by atoms with Crippen LogP contribution in [0.2, 0.25) is 0 Å². The molecule has 0 aliphatic heterocycles. The summed E-state index contributed by atoms with van der Waals surface area (Å²) in [6.45, 7) is 1.79. The summed E-state index contributed by atoms with van der Waals surface area (Å²) >= 11 is 0. The molecule has 0 radical (unpaired) electrons. The molecule has 72 valence electrons. The molecular formula is C10H14FNO. The first kappa shape index (κ1) is 10.2. The minimum absolute atomic E-state index is 0.220. The fourth-order valence-corrected chi connectivity index (χ4v) is 1.33. The van der Waals surface area contributed by atoms with Crippen LogP contribution in [0.4, 0.5) is 4.39 Å². The van der Waals surface area contributed by atoms with E-state index in [0.29, 0.717) is 5.56 Å². The Hall–Kier alpha value is -0.930. The van der Waals surface area contributed by atoms with Crippen LogP contribution in [0.25, 0.3) is 0 Å². The second-order valence-corrected chi connectivity index (χ2v) is 3.04. The number of methoxy groups -OCH3 is 1. The summed E-state index contributed by atoms with van der Waals surface area (Å²) in [4.78, 5) is 0. The average Bonchev–Trinajstić information content (AvgIpc) is 2.09. The van der Waals surface area contributed by atoms with Crippen LogP contribution in [0.5, 0.6) is 0 Å². The van der Waals surface area contributed by atoms with E-state index in [1.807, 2.05) is 0 Å². The van der Waals surface area contributed by atoms with Crippen LogP contribution in [-0.4, -0.2) is 13.2 Å². The highest BCUT2D eigenvalue weighted by Crippen LogP contribution is 2.21. The van der Waals surface area contributed by atoms with Gasteiger partial charge in [0.1, 0.15) is 5.82 Å². The zero-order valence-electron chi connectivity index (χ0n) is 7.83. The summed E-state index contributed by atoms with van der Waals surface area (Å²) in [5.41, 5.74) is 6.17. The van der Waals surface area contributed by atoms with Gasteiger partial charge in [0.15, 0.2) is 0 Å². The average molecular weight is 183 g/mol. The third-order valence-electron chi connectivity index (χ3n) is 1.94.